The van der Waals surface area contributed by atoms with Gasteiger partial charge < -0.3 is 10.1 Å². The fraction of sp³-hybridized carbons (Fsp3) is 0.250. The fourth-order valence-electron chi connectivity index (χ4n) is 2.38. The molecule has 1 fully saturated rings. The number of ether oxygens (including phenoxy) is 1. The molecular weight excluding hydrogens is 330 g/mol. The summed E-state index contributed by atoms with van der Waals surface area (Å²) in [4.78, 5) is 4.18. The summed E-state index contributed by atoms with van der Waals surface area (Å²) in [6, 6.07) is 6.81. The van der Waals surface area contributed by atoms with Gasteiger partial charge in [0, 0.05) is 24.4 Å². The zero-order chi connectivity index (χ0) is 17.2. The van der Waals surface area contributed by atoms with E-state index in [0.29, 0.717) is 33.5 Å². The summed E-state index contributed by atoms with van der Waals surface area (Å²) in [5, 5.41) is 14.6. The lowest BCUT2D eigenvalue weighted by molar-refractivity contribution is 0.0560. The summed E-state index contributed by atoms with van der Waals surface area (Å²) in [5.74, 6) is 2.05. The van der Waals surface area contributed by atoms with Gasteiger partial charge in [0.25, 0.3) is 0 Å². The number of hydrogen-bond donors (Lipinski definition) is 1. The Morgan fingerprint density at radius 3 is 2.80 bits per heavy atom. The topological polar surface area (TPSA) is 77.8 Å². The summed E-state index contributed by atoms with van der Waals surface area (Å²) in [6.45, 7) is -2.69. The van der Waals surface area contributed by atoms with Crippen molar-refractivity contribution >= 4 is 11.6 Å². The Morgan fingerprint density at radius 2 is 2.08 bits per heavy atom. The highest BCUT2D eigenvalue weighted by atomic mass is 19.3. The third kappa shape index (κ3) is 3.54. The Bertz CT molecular complexity index is 866. The van der Waals surface area contributed by atoms with Gasteiger partial charge in [0.05, 0.1) is 6.20 Å². The number of pyridine rings is 1. The molecule has 1 saturated carbocycles. The molecule has 1 aliphatic carbocycles. The number of aromatic nitrogens is 5. The van der Waals surface area contributed by atoms with E-state index >= 15 is 0 Å². The predicted molar refractivity (Wildman–Crippen MR) is 85.1 cm³/mol. The number of alkyl halides is 2. The van der Waals surface area contributed by atoms with E-state index < -0.39 is 6.55 Å². The number of nitrogens with zero attached hydrogens (tertiary/aromatic N) is 5. The van der Waals surface area contributed by atoms with Crippen LogP contribution in [0.2, 0.25) is 0 Å². The molecule has 7 nitrogen and oxygen atoms in total. The minimum Gasteiger partial charge on any atom is -0.454 e. The van der Waals surface area contributed by atoms with Crippen molar-refractivity contribution in [1.82, 2.24) is 25.0 Å². The highest BCUT2D eigenvalue weighted by molar-refractivity contribution is 5.53. The maximum absolute atomic E-state index is 12.9. The second kappa shape index (κ2) is 6.42. The van der Waals surface area contributed by atoms with Gasteiger partial charge in [-0.25, -0.2) is 9.67 Å². The Kier molecular flexibility index (Phi) is 3.96. The first-order valence-electron chi connectivity index (χ1n) is 7.75. The summed E-state index contributed by atoms with van der Waals surface area (Å²) in [7, 11) is 0. The molecule has 3 aromatic rings. The lowest BCUT2D eigenvalue weighted by Gasteiger charge is -2.08. The highest BCUT2D eigenvalue weighted by Crippen LogP contribution is 2.44. The number of anilines is 2. The maximum atomic E-state index is 12.9. The third-order valence-electron chi connectivity index (χ3n) is 3.68. The number of halogens is 2. The first kappa shape index (κ1) is 15.4. The summed E-state index contributed by atoms with van der Waals surface area (Å²) < 4.78 is 32.2. The minimum atomic E-state index is -2.69. The second-order valence-corrected chi connectivity index (χ2v) is 5.62. The molecule has 25 heavy (non-hydrogen) atoms. The summed E-state index contributed by atoms with van der Waals surface area (Å²) in [6.07, 6.45) is 6.23. The van der Waals surface area contributed by atoms with E-state index in [0.717, 1.165) is 12.8 Å². The van der Waals surface area contributed by atoms with Crippen molar-refractivity contribution in [2.24, 2.45) is 0 Å². The average molecular weight is 344 g/mol. The van der Waals surface area contributed by atoms with Crippen LogP contribution in [0.1, 0.15) is 31.0 Å². The lowest BCUT2D eigenvalue weighted by atomic mass is 10.3. The first-order chi connectivity index (χ1) is 12.2. The van der Waals surface area contributed by atoms with Gasteiger partial charge in [-0.3, -0.25) is 0 Å². The molecule has 128 valence electrons. The molecule has 0 atom stereocenters. The number of nitrogens with one attached hydrogen (secondary N) is 1. The Morgan fingerprint density at radius 1 is 1.20 bits per heavy atom. The predicted octanol–water partition coefficient (Wildman–Crippen LogP) is 3.88. The van der Waals surface area contributed by atoms with Crippen molar-refractivity contribution in [3.05, 3.63) is 48.5 Å². The molecule has 4 rings (SSSR count). The van der Waals surface area contributed by atoms with Crippen LogP contribution in [-0.2, 0) is 0 Å². The molecule has 3 aromatic heterocycles. The van der Waals surface area contributed by atoms with E-state index in [-0.39, 0.29) is 5.92 Å². The number of rotatable bonds is 6. The van der Waals surface area contributed by atoms with E-state index in [1.54, 1.807) is 36.7 Å². The van der Waals surface area contributed by atoms with Crippen LogP contribution < -0.4 is 10.1 Å². The fourth-order valence-corrected chi connectivity index (χ4v) is 2.38. The maximum Gasteiger partial charge on any atom is 0.333 e. The Balaban J connectivity index is 1.56. The largest absolute Gasteiger partial charge is 0.454 e. The van der Waals surface area contributed by atoms with Crippen LogP contribution in [0.3, 0.4) is 0 Å². The van der Waals surface area contributed by atoms with Crippen LogP contribution in [0.25, 0.3) is 0 Å². The third-order valence-corrected chi connectivity index (χ3v) is 3.68. The van der Waals surface area contributed by atoms with Crippen molar-refractivity contribution in [3.8, 4) is 11.5 Å². The molecule has 0 aromatic carbocycles. The molecular formula is C16H14F2N6O. The van der Waals surface area contributed by atoms with E-state index in [4.69, 9.17) is 4.74 Å². The molecule has 3 heterocycles. The van der Waals surface area contributed by atoms with Gasteiger partial charge in [-0.05, 0) is 31.0 Å². The molecule has 9 heteroatoms. The quantitative estimate of drug-likeness (QED) is 0.731. The molecule has 0 unspecified atom stereocenters. The first-order valence-corrected chi connectivity index (χ1v) is 7.75. The van der Waals surface area contributed by atoms with Crippen molar-refractivity contribution in [3.63, 3.8) is 0 Å². The molecule has 0 saturated heterocycles. The van der Waals surface area contributed by atoms with Gasteiger partial charge in [0.2, 0.25) is 0 Å². The van der Waals surface area contributed by atoms with Gasteiger partial charge in [-0.1, -0.05) is 0 Å². The minimum absolute atomic E-state index is 0.189. The smallest absolute Gasteiger partial charge is 0.333 e. The molecule has 1 aliphatic rings. The molecule has 1 N–H and O–H groups in total. The molecule has 0 amide bonds. The van der Waals surface area contributed by atoms with Crippen LogP contribution >= 0.6 is 0 Å². The highest BCUT2D eigenvalue weighted by Gasteiger charge is 2.31. The molecule has 0 spiro atoms. The van der Waals surface area contributed by atoms with E-state index in [1.807, 2.05) is 0 Å². The van der Waals surface area contributed by atoms with Crippen LogP contribution in [0, 0.1) is 0 Å². The van der Waals surface area contributed by atoms with Gasteiger partial charge in [0.1, 0.15) is 17.3 Å². The van der Waals surface area contributed by atoms with E-state index in [2.05, 4.69) is 25.6 Å². The second-order valence-electron chi connectivity index (χ2n) is 5.62. The summed E-state index contributed by atoms with van der Waals surface area (Å²) >= 11 is 0. The zero-order valence-corrected chi connectivity index (χ0v) is 13.0. The standard InChI is InChI=1S/C16H14F2N6O/c17-16(18)24-9-12(15(23-24)10-3-4-10)25-11-5-7-19-14(8-11)21-13-2-1-6-20-22-13/h1-2,5-10,16H,3-4H2,(H,19,21,22). The van der Waals surface area contributed by atoms with Crippen molar-refractivity contribution < 1.29 is 13.5 Å². The van der Waals surface area contributed by atoms with Crippen LogP contribution in [0.4, 0.5) is 20.4 Å². The monoisotopic (exact) mass is 344 g/mol. The SMILES string of the molecule is FC(F)n1cc(Oc2ccnc(Nc3cccnn3)c2)c(C2CC2)n1. The van der Waals surface area contributed by atoms with E-state index in [9.17, 15) is 8.78 Å². The van der Waals surface area contributed by atoms with Crippen LogP contribution in [-0.4, -0.2) is 25.0 Å². The van der Waals surface area contributed by atoms with Gasteiger partial charge >= 0.3 is 6.55 Å². The average Bonchev–Trinajstić information content (AvgIpc) is 3.37. The Labute approximate surface area is 141 Å². The van der Waals surface area contributed by atoms with Crippen molar-refractivity contribution in [1.29, 1.82) is 0 Å². The molecule has 0 bridgehead atoms. The number of hydrogen-bond acceptors (Lipinski definition) is 6. The molecule has 0 radical (unpaired) electrons. The van der Waals surface area contributed by atoms with Gasteiger partial charge in [-0.2, -0.15) is 19.0 Å². The normalized spacial score (nSPS) is 13.9. The zero-order valence-electron chi connectivity index (χ0n) is 13.0. The lowest BCUT2D eigenvalue weighted by Crippen LogP contribution is -1.98. The van der Waals surface area contributed by atoms with Gasteiger partial charge in [0.15, 0.2) is 11.6 Å². The van der Waals surface area contributed by atoms with Crippen LogP contribution in [0.5, 0.6) is 11.5 Å². The van der Waals surface area contributed by atoms with Crippen molar-refractivity contribution in [2.75, 3.05) is 5.32 Å². The Hall–Kier alpha value is -3.10. The van der Waals surface area contributed by atoms with E-state index in [1.165, 1.54) is 6.20 Å². The van der Waals surface area contributed by atoms with Gasteiger partial charge in [-0.15, -0.1) is 5.10 Å². The van der Waals surface area contributed by atoms with Crippen molar-refractivity contribution in [2.45, 2.75) is 25.3 Å². The summed E-state index contributed by atoms with van der Waals surface area (Å²) in [5.41, 5.74) is 0.570. The van der Waals surface area contributed by atoms with Crippen LogP contribution in [0.15, 0.2) is 42.9 Å². The molecule has 0 aliphatic heterocycles.